The van der Waals surface area contributed by atoms with Crippen LogP contribution in [0, 0.1) is 11.8 Å². The van der Waals surface area contributed by atoms with Crippen LogP contribution in [0.25, 0.3) is 0 Å². The minimum Gasteiger partial charge on any atom is -0.481 e. The Hall–Kier alpha value is -1.52. The van der Waals surface area contributed by atoms with Crippen molar-refractivity contribution in [1.82, 2.24) is 0 Å². The van der Waals surface area contributed by atoms with E-state index in [9.17, 15) is 9.59 Å². The lowest BCUT2D eigenvalue weighted by atomic mass is 9.83. The highest BCUT2D eigenvalue weighted by atomic mass is 16.6. The number of rotatable bonds is 2. The normalized spacial score (nSPS) is 30.5. The van der Waals surface area contributed by atoms with E-state index in [1.165, 1.54) is 0 Å². The zero-order chi connectivity index (χ0) is 9.59. The summed E-state index contributed by atoms with van der Waals surface area (Å²) in [4.78, 5) is 21.4. The largest absolute Gasteiger partial charge is 0.481 e. The highest BCUT2D eigenvalue weighted by Crippen LogP contribution is 2.45. The lowest BCUT2D eigenvalue weighted by Gasteiger charge is -2.17. The molecule has 0 fully saturated rings. The molecule has 0 aromatic carbocycles. The molecule has 0 saturated carbocycles. The van der Waals surface area contributed by atoms with Crippen LogP contribution in [0.2, 0.25) is 0 Å². The molecule has 2 N–H and O–H groups in total. The molecule has 2 aliphatic rings. The second-order valence-corrected chi connectivity index (χ2v) is 3.25. The van der Waals surface area contributed by atoms with Gasteiger partial charge in [0.05, 0.1) is 11.8 Å². The highest BCUT2D eigenvalue weighted by molar-refractivity contribution is 5.81. The van der Waals surface area contributed by atoms with Crippen molar-refractivity contribution in [1.29, 1.82) is 0 Å². The standard InChI is InChI=1S/C8H8O5/c9-7(10)3-1-5-6(13-5)2-4(3)8(11)12/h3-4H,1-2H2,(H,9,10)(H,11,12). The SMILES string of the molecule is O=C(O)C1CC2=C(CC1C(=O)O)O2. The number of aliphatic carboxylic acids is 2. The molecule has 2 rings (SSSR count). The number of ether oxygens (including phenoxy) is 1. The maximum Gasteiger partial charge on any atom is 0.307 e. The van der Waals surface area contributed by atoms with Crippen LogP contribution in [0.3, 0.4) is 0 Å². The maximum absolute atomic E-state index is 10.7. The van der Waals surface area contributed by atoms with Gasteiger partial charge in [-0.3, -0.25) is 9.59 Å². The van der Waals surface area contributed by atoms with Crippen molar-refractivity contribution in [2.24, 2.45) is 11.8 Å². The molecule has 5 nitrogen and oxygen atoms in total. The molecule has 5 heteroatoms. The number of carboxylic acid groups (broad SMARTS) is 2. The first-order valence-electron chi connectivity index (χ1n) is 3.95. The van der Waals surface area contributed by atoms with E-state index >= 15 is 0 Å². The monoisotopic (exact) mass is 184 g/mol. The van der Waals surface area contributed by atoms with Gasteiger partial charge in [0.1, 0.15) is 11.5 Å². The molecule has 70 valence electrons. The van der Waals surface area contributed by atoms with E-state index in [0.29, 0.717) is 11.5 Å². The van der Waals surface area contributed by atoms with Gasteiger partial charge < -0.3 is 14.9 Å². The summed E-state index contributed by atoms with van der Waals surface area (Å²) in [5.74, 6) is -2.45. The summed E-state index contributed by atoms with van der Waals surface area (Å²) < 4.78 is 4.95. The molecule has 0 amide bonds. The van der Waals surface area contributed by atoms with Gasteiger partial charge in [-0.2, -0.15) is 0 Å². The van der Waals surface area contributed by atoms with Gasteiger partial charge in [0.15, 0.2) is 0 Å². The Bertz CT molecular complexity index is 286. The Morgan fingerprint density at radius 2 is 1.46 bits per heavy atom. The first kappa shape index (κ1) is 8.10. The van der Waals surface area contributed by atoms with E-state index in [0.717, 1.165) is 0 Å². The fourth-order valence-electron chi connectivity index (χ4n) is 1.64. The molecular weight excluding hydrogens is 176 g/mol. The van der Waals surface area contributed by atoms with Crippen LogP contribution >= 0.6 is 0 Å². The van der Waals surface area contributed by atoms with E-state index in [2.05, 4.69) is 0 Å². The number of hydrogen-bond donors (Lipinski definition) is 2. The van der Waals surface area contributed by atoms with E-state index in [-0.39, 0.29) is 12.8 Å². The van der Waals surface area contributed by atoms with Gasteiger partial charge >= 0.3 is 11.9 Å². The molecule has 2 atom stereocenters. The minimum absolute atomic E-state index is 0.224. The quantitative estimate of drug-likeness (QED) is 0.649. The predicted octanol–water partition coefficient (Wildman–Crippen LogP) is 0.424. The second-order valence-electron chi connectivity index (χ2n) is 3.25. The lowest BCUT2D eigenvalue weighted by Crippen LogP contribution is -2.30. The van der Waals surface area contributed by atoms with Gasteiger partial charge in [0.25, 0.3) is 0 Å². The summed E-state index contributed by atoms with van der Waals surface area (Å²) in [5.41, 5.74) is 0. The summed E-state index contributed by atoms with van der Waals surface area (Å²) in [5, 5.41) is 17.5. The third-order valence-corrected chi connectivity index (χ3v) is 2.45. The molecule has 0 aromatic heterocycles. The summed E-state index contributed by atoms with van der Waals surface area (Å²) in [6.45, 7) is 0. The Labute approximate surface area is 73.6 Å². The fourth-order valence-corrected chi connectivity index (χ4v) is 1.64. The number of carboxylic acids is 2. The van der Waals surface area contributed by atoms with Crippen LogP contribution < -0.4 is 0 Å². The van der Waals surface area contributed by atoms with Gasteiger partial charge in [-0.25, -0.2) is 0 Å². The molecule has 13 heavy (non-hydrogen) atoms. The summed E-state index contributed by atoms with van der Waals surface area (Å²) in [6, 6.07) is 0. The molecule has 1 aliphatic carbocycles. The van der Waals surface area contributed by atoms with Crippen molar-refractivity contribution in [3.8, 4) is 0 Å². The van der Waals surface area contributed by atoms with Crippen molar-refractivity contribution in [3.63, 3.8) is 0 Å². The van der Waals surface area contributed by atoms with E-state index in [1.54, 1.807) is 0 Å². The van der Waals surface area contributed by atoms with E-state index in [4.69, 9.17) is 14.9 Å². The van der Waals surface area contributed by atoms with Crippen molar-refractivity contribution < 1.29 is 24.5 Å². The van der Waals surface area contributed by atoms with Crippen molar-refractivity contribution >= 4 is 11.9 Å². The molecule has 0 spiro atoms. The number of carbonyl (C=O) groups is 2. The van der Waals surface area contributed by atoms with Crippen LogP contribution in [-0.2, 0) is 14.3 Å². The minimum atomic E-state index is -1.06. The third kappa shape index (κ3) is 1.26. The molecule has 2 unspecified atom stereocenters. The van der Waals surface area contributed by atoms with Crippen molar-refractivity contribution in [3.05, 3.63) is 11.5 Å². The fraction of sp³-hybridized carbons (Fsp3) is 0.500. The highest BCUT2D eigenvalue weighted by Gasteiger charge is 2.46. The van der Waals surface area contributed by atoms with Crippen molar-refractivity contribution in [2.45, 2.75) is 12.8 Å². The smallest absolute Gasteiger partial charge is 0.307 e. The van der Waals surface area contributed by atoms with Gasteiger partial charge in [0.2, 0.25) is 0 Å². The summed E-state index contributed by atoms with van der Waals surface area (Å²) in [7, 11) is 0. The van der Waals surface area contributed by atoms with Crippen LogP contribution in [0.5, 0.6) is 0 Å². The summed E-state index contributed by atoms with van der Waals surface area (Å²) in [6.07, 6.45) is 0.448. The average molecular weight is 184 g/mol. The molecule has 0 aromatic rings. The maximum atomic E-state index is 10.7. The Morgan fingerprint density at radius 1 is 1.08 bits per heavy atom. The second kappa shape index (κ2) is 2.48. The van der Waals surface area contributed by atoms with Crippen LogP contribution in [0.4, 0.5) is 0 Å². The van der Waals surface area contributed by atoms with Crippen molar-refractivity contribution in [2.75, 3.05) is 0 Å². The molecule has 1 heterocycles. The van der Waals surface area contributed by atoms with Gasteiger partial charge in [-0.15, -0.1) is 0 Å². The zero-order valence-corrected chi connectivity index (χ0v) is 6.69. The molecule has 1 aliphatic heterocycles. The number of allylic oxidation sites excluding steroid dienone is 2. The molecule has 0 radical (unpaired) electrons. The van der Waals surface area contributed by atoms with Crippen LogP contribution in [0.1, 0.15) is 12.8 Å². The lowest BCUT2D eigenvalue weighted by molar-refractivity contribution is -0.153. The Kier molecular flexibility index (Phi) is 1.55. The Balaban J connectivity index is 2.19. The zero-order valence-electron chi connectivity index (χ0n) is 6.69. The average Bonchev–Trinajstić information content (AvgIpc) is 2.78. The number of hydrogen-bond acceptors (Lipinski definition) is 3. The topological polar surface area (TPSA) is 87.1 Å². The Morgan fingerprint density at radius 3 is 1.77 bits per heavy atom. The molecular formula is C8H8O5. The first-order chi connectivity index (χ1) is 6.09. The predicted molar refractivity (Wildman–Crippen MR) is 39.6 cm³/mol. The van der Waals surface area contributed by atoms with Gasteiger partial charge in [0, 0.05) is 12.8 Å². The van der Waals surface area contributed by atoms with Gasteiger partial charge in [-0.05, 0) is 0 Å². The third-order valence-electron chi connectivity index (χ3n) is 2.45. The van der Waals surface area contributed by atoms with Crippen LogP contribution in [0.15, 0.2) is 11.5 Å². The molecule has 0 bridgehead atoms. The van der Waals surface area contributed by atoms with Gasteiger partial charge in [-0.1, -0.05) is 0 Å². The van der Waals surface area contributed by atoms with E-state index < -0.39 is 23.8 Å². The summed E-state index contributed by atoms with van der Waals surface area (Å²) >= 11 is 0. The van der Waals surface area contributed by atoms with E-state index in [1.807, 2.05) is 0 Å². The molecule has 0 saturated heterocycles. The first-order valence-corrected chi connectivity index (χ1v) is 3.95. The van der Waals surface area contributed by atoms with Crippen LogP contribution in [-0.4, -0.2) is 22.2 Å².